The van der Waals surface area contributed by atoms with Crippen LogP contribution in [0.25, 0.3) is 11.4 Å². The molecule has 0 amide bonds. The van der Waals surface area contributed by atoms with Gasteiger partial charge in [-0.1, -0.05) is 35.5 Å². The van der Waals surface area contributed by atoms with Crippen LogP contribution in [0.4, 0.5) is 6.01 Å². The van der Waals surface area contributed by atoms with Gasteiger partial charge >= 0.3 is 12.0 Å². The zero-order valence-electron chi connectivity index (χ0n) is 11.9. The summed E-state index contributed by atoms with van der Waals surface area (Å²) in [6.45, 7) is 1.44. The average molecular weight is 287 g/mol. The van der Waals surface area contributed by atoms with Crippen molar-refractivity contribution in [1.82, 2.24) is 10.1 Å². The molecule has 1 aliphatic rings. The van der Waals surface area contributed by atoms with E-state index in [2.05, 4.69) is 10.1 Å². The molecule has 3 rings (SSSR count). The molecule has 2 aromatic rings. The molecule has 1 aromatic heterocycles. The summed E-state index contributed by atoms with van der Waals surface area (Å²) in [5.74, 6) is 0.425. The fourth-order valence-corrected chi connectivity index (χ4v) is 2.52. The maximum atomic E-state index is 11.5. The predicted molar refractivity (Wildman–Crippen MR) is 76.7 cm³/mol. The summed E-state index contributed by atoms with van der Waals surface area (Å²) in [6, 6.07) is 10.2. The fraction of sp³-hybridized carbons (Fsp3) is 0.400. The Labute approximate surface area is 122 Å². The van der Waals surface area contributed by atoms with Gasteiger partial charge in [0.25, 0.3) is 0 Å². The third-order valence-electron chi connectivity index (χ3n) is 3.75. The largest absolute Gasteiger partial charge is 0.469 e. The highest BCUT2D eigenvalue weighted by Crippen LogP contribution is 2.25. The summed E-state index contributed by atoms with van der Waals surface area (Å²) in [6.07, 6.45) is 1.49. The van der Waals surface area contributed by atoms with Crippen molar-refractivity contribution in [3.63, 3.8) is 0 Å². The lowest BCUT2D eigenvalue weighted by molar-refractivity contribution is -0.146. The Balaban J connectivity index is 1.67. The molecule has 0 spiro atoms. The number of hydrogen-bond donors (Lipinski definition) is 0. The molecule has 1 saturated heterocycles. The maximum absolute atomic E-state index is 11.5. The number of benzene rings is 1. The summed E-state index contributed by atoms with van der Waals surface area (Å²) in [7, 11) is 1.43. The van der Waals surface area contributed by atoms with Gasteiger partial charge in [-0.25, -0.2) is 0 Å². The number of esters is 1. The van der Waals surface area contributed by atoms with Crippen LogP contribution in [-0.4, -0.2) is 36.3 Å². The lowest BCUT2D eigenvalue weighted by Gasteiger charge is -2.28. The van der Waals surface area contributed by atoms with Crippen LogP contribution < -0.4 is 4.90 Å². The minimum absolute atomic E-state index is 0.0252. The Morgan fingerprint density at radius 3 is 2.67 bits per heavy atom. The van der Waals surface area contributed by atoms with E-state index in [1.807, 2.05) is 35.2 Å². The standard InChI is InChI=1S/C15H17N3O3/c1-20-14(19)12-7-9-18(10-8-12)15-16-13(17-21-15)11-5-3-2-4-6-11/h2-6,12H,7-10H2,1H3. The number of carbonyl (C=O) groups excluding carboxylic acids is 1. The summed E-state index contributed by atoms with van der Waals surface area (Å²) in [4.78, 5) is 17.9. The highest BCUT2D eigenvalue weighted by atomic mass is 16.5. The smallest absolute Gasteiger partial charge is 0.324 e. The molecule has 2 heterocycles. The second-order valence-corrected chi connectivity index (χ2v) is 5.05. The van der Waals surface area contributed by atoms with Crippen LogP contribution in [0.15, 0.2) is 34.9 Å². The van der Waals surface area contributed by atoms with Crippen LogP contribution in [0.3, 0.4) is 0 Å². The number of anilines is 1. The molecular weight excluding hydrogens is 270 g/mol. The number of aromatic nitrogens is 2. The van der Waals surface area contributed by atoms with Gasteiger partial charge in [-0.2, -0.15) is 4.98 Å². The number of carbonyl (C=O) groups is 1. The molecule has 0 aliphatic carbocycles. The molecule has 0 radical (unpaired) electrons. The first kappa shape index (κ1) is 13.6. The van der Waals surface area contributed by atoms with E-state index in [0.29, 0.717) is 11.8 Å². The molecule has 21 heavy (non-hydrogen) atoms. The van der Waals surface area contributed by atoms with Crippen LogP contribution >= 0.6 is 0 Å². The summed E-state index contributed by atoms with van der Waals surface area (Å²) >= 11 is 0. The van der Waals surface area contributed by atoms with Crippen molar-refractivity contribution in [1.29, 1.82) is 0 Å². The van der Waals surface area contributed by atoms with E-state index >= 15 is 0 Å². The van der Waals surface area contributed by atoms with Crippen molar-refractivity contribution in [2.75, 3.05) is 25.1 Å². The van der Waals surface area contributed by atoms with Crippen molar-refractivity contribution < 1.29 is 14.1 Å². The number of rotatable bonds is 3. The van der Waals surface area contributed by atoms with Gasteiger partial charge in [0, 0.05) is 18.7 Å². The summed E-state index contributed by atoms with van der Waals surface area (Å²) in [5.41, 5.74) is 0.928. The molecule has 0 bridgehead atoms. The minimum atomic E-state index is -0.134. The number of ether oxygens (including phenoxy) is 1. The molecule has 1 aliphatic heterocycles. The highest BCUT2D eigenvalue weighted by molar-refractivity contribution is 5.72. The number of methoxy groups -OCH3 is 1. The number of piperidine rings is 1. The maximum Gasteiger partial charge on any atom is 0.324 e. The third-order valence-corrected chi connectivity index (χ3v) is 3.75. The molecule has 0 N–H and O–H groups in total. The molecule has 1 fully saturated rings. The van der Waals surface area contributed by atoms with Crippen LogP contribution in [0.1, 0.15) is 12.8 Å². The van der Waals surface area contributed by atoms with Crippen molar-refractivity contribution in [3.05, 3.63) is 30.3 Å². The molecule has 6 heteroatoms. The first-order valence-corrected chi connectivity index (χ1v) is 7.00. The Morgan fingerprint density at radius 1 is 1.29 bits per heavy atom. The van der Waals surface area contributed by atoms with Gasteiger partial charge in [-0.15, -0.1) is 0 Å². The van der Waals surface area contributed by atoms with Crippen LogP contribution in [0.5, 0.6) is 0 Å². The summed E-state index contributed by atoms with van der Waals surface area (Å²) in [5, 5.41) is 4.01. The van der Waals surface area contributed by atoms with E-state index in [9.17, 15) is 4.79 Å². The highest BCUT2D eigenvalue weighted by Gasteiger charge is 2.28. The lowest BCUT2D eigenvalue weighted by atomic mass is 9.97. The zero-order chi connectivity index (χ0) is 14.7. The van der Waals surface area contributed by atoms with E-state index in [-0.39, 0.29) is 11.9 Å². The Morgan fingerprint density at radius 2 is 2.00 bits per heavy atom. The van der Waals surface area contributed by atoms with Gasteiger partial charge in [0.15, 0.2) is 0 Å². The van der Waals surface area contributed by atoms with Crippen molar-refractivity contribution in [2.24, 2.45) is 5.92 Å². The quantitative estimate of drug-likeness (QED) is 0.805. The average Bonchev–Trinajstić information content (AvgIpc) is 3.05. The molecular formula is C15H17N3O3. The van der Waals surface area contributed by atoms with Crippen LogP contribution in [0, 0.1) is 5.92 Å². The summed E-state index contributed by atoms with van der Waals surface area (Å²) < 4.78 is 10.1. The lowest BCUT2D eigenvalue weighted by Crippen LogP contribution is -2.36. The van der Waals surface area contributed by atoms with E-state index in [4.69, 9.17) is 9.26 Å². The van der Waals surface area contributed by atoms with Crippen molar-refractivity contribution in [3.8, 4) is 11.4 Å². The number of hydrogen-bond acceptors (Lipinski definition) is 6. The Kier molecular flexibility index (Phi) is 3.85. The van der Waals surface area contributed by atoms with Gasteiger partial charge in [-0.05, 0) is 12.8 Å². The first-order valence-electron chi connectivity index (χ1n) is 7.00. The predicted octanol–water partition coefficient (Wildman–Crippen LogP) is 2.13. The first-order chi connectivity index (χ1) is 10.3. The van der Waals surface area contributed by atoms with E-state index in [1.54, 1.807) is 0 Å². The van der Waals surface area contributed by atoms with Gasteiger partial charge < -0.3 is 14.2 Å². The monoisotopic (exact) mass is 287 g/mol. The molecule has 6 nitrogen and oxygen atoms in total. The molecule has 0 saturated carbocycles. The second-order valence-electron chi connectivity index (χ2n) is 5.05. The minimum Gasteiger partial charge on any atom is -0.469 e. The van der Waals surface area contributed by atoms with E-state index in [0.717, 1.165) is 31.5 Å². The molecule has 0 atom stereocenters. The number of nitrogens with zero attached hydrogens (tertiary/aromatic N) is 3. The zero-order valence-corrected chi connectivity index (χ0v) is 11.9. The van der Waals surface area contributed by atoms with Gasteiger partial charge in [-0.3, -0.25) is 4.79 Å². The van der Waals surface area contributed by atoms with Crippen molar-refractivity contribution in [2.45, 2.75) is 12.8 Å². The normalized spacial score (nSPS) is 16.0. The molecule has 110 valence electrons. The third kappa shape index (κ3) is 2.89. The van der Waals surface area contributed by atoms with Gasteiger partial charge in [0.2, 0.25) is 5.82 Å². The SMILES string of the molecule is COC(=O)C1CCN(c2nc(-c3ccccc3)no2)CC1. The second kappa shape index (κ2) is 5.95. The fourth-order valence-electron chi connectivity index (χ4n) is 2.52. The Bertz CT molecular complexity index is 604. The van der Waals surface area contributed by atoms with Crippen molar-refractivity contribution >= 4 is 12.0 Å². The Hall–Kier alpha value is -2.37. The molecule has 1 aromatic carbocycles. The van der Waals surface area contributed by atoms with E-state index < -0.39 is 0 Å². The van der Waals surface area contributed by atoms with Gasteiger partial charge in [0.05, 0.1) is 13.0 Å². The van der Waals surface area contributed by atoms with E-state index in [1.165, 1.54) is 7.11 Å². The van der Waals surface area contributed by atoms with Crippen LogP contribution in [-0.2, 0) is 9.53 Å². The van der Waals surface area contributed by atoms with Crippen LogP contribution in [0.2, 0.25) is 0 Å². The van der Waals surface area contributed by atoms with Gasteiger partial charge in [0.1, 0.15) is 0 Å². The molecule has 0 unspecified atom stereocenters. The topological polar surface area (TPSA) is 68.5 Å².